The van der Waals surface area contributed by atoms with Gasteiger partial charge in [-0.3, -0.25) is 4.79 Å². The molecule has 4 unspecified atom stereocenters. The van der Waals surface area contributed by atoms with Gasteiger partial charge >= 0.3 is 198 Å². The molecule has 14 heteroatoms. The Bertz CT molecular complexity index is 1110. The molecule has 1 fully saturated rings. The Labute approximate surface area is 266 Å². The molecule has 4 atom stereocenters. The van der Waals surface area contributed by atoms with Gasteiger partial charge in [-0.2, -0.15) is 0 Å². The van der Waals surface area contributed by atoms with Crippen LogP contribution < -0.4 is 26.4 Å². The molecule has 1 heterocycles. The molecule has 1 aromatic carbocycles. The van der Waals surface area contributed by atoms with Crippen molar-refractivity contribution >= 4 is 30.8 Å². The number of nitrogens with one attached hydrogen (secondary N) is 3. The number of nitrogens with zero attached hydrogens (tertiary/aromatic N) is 1. The molecule has 1 aliphatic rings. The Kier molecular flexibility index (Phi) is 16.2. The molecule has 1 aliphatic heterocycles. The van der Waals surface area contributed by atoms with Gasteiger partial charge in [0, 0.05) is 12.0 Å². The third kappa shape index (κ3) is 14.5. The maximum atomic E-state index is 13.3. The third-order valence-corrected chi connectivity index (χ3v) is 7.28. The second-order valence-electron chi connectivity index (χ2n) is 12.3. The average Bonchev–Trinajstić information content (AvgIpc) is 2.97. The molecule has 250 valence electrons. The number of hydrogen-bond acceptors (Lipinski definition) is 10. The maximum absolute atomic E-state index is 13.3. The van der Waals surface area contributed by atoms with Gasteiger partial charge in [-0.1, -0.05) is 0 Å². The molecule has 0 spiro atoms. The number of esters is 1. The predicted molar refractivity (Wildman–Crippen MR) is 169 cm³/mol. The number of primary amides is 1. The number of β-amino-alcohol motifs (C(OH)–C–C–N with tert-alkyl or cyclic N) is 1. The van der Waals surface area contributed by atoms with Crippen LogP contribution >= 0.6 is 0 Å². The molecule has 0 saturated carbocycles. The van der Waals surface area contributed by atoms with Crippen molar-refractivity contribution in [1.82, 2.24) is 20.9 Å². The Morgan fingerprint density at radius 3 is 2.49 bits per heavy atom. The molecule has 1 saturated heterocycles. The van der Waals surface area contributed by atoms with E-state index in [0.717, 1.165) is 18.4 Å². The summed E-state index contributed by atoms with van der Waals surface area (Å²) >= 11 is 0. The molecule has 0 aromatic heterocycles. The number of rotatable bonds is 19. The summed E-state index contributed by atoms with van der Waals surface area (Å²) in [6, 6.07) is 4.90. The fourth-order valence-electron chi connectivity index (χ4n) is 5.16. The van der Waals surface area contributed by atoms with E-state index in [2.05, 4.69) is 16.0 Å². The number of benzene rings is 1. The fraction of sp³-hybridized carbons (Fsp3) is 0.677. The molecule has 6 N–H and O–H groups in total. The molecule has 0 bridgehead atoms. The van der Waals surface area contributed by atoms with Crippen LogP contribution in [-0.4, -0.2) is 103 Å². The van der Waals surface area contributed by atoms with Crippen molar-refractivity contribution in [1.29, 1.82) is 0 Å². The van der Waals surface area contributed by atoms with Crippen molar-refractivity contribution in [2.75, 3.05) is 32.7 Å². The van der Waals surface area contributed by atoms with Crippen molar-refractivity contribution in [3.63, 3.8) is 0 Å². The van der Waals surface area contributed by atoms with Gasteiger partial charge < -0.3 is 4.74 Å². The number of ether oxygens (including phenoxy) is 2. The van der Waals surface area contributed by atoms with Crippen LogP contribution in [0.5, 0.6) is 5.75 Å². The van der Waals surface area contributed by atoms with Crippen LogP contribution in [0.3, 0.4) is 0 Å². The number of likely N-dealkylation sites (tertiary alicyclic amines) is 1. The van der Waals surface area contributed by atoms with E-state index in [0.29, 0.717) is 45.5 Å². The van der Waals surface area contributed by atoms with Gasteiger partial charge in [0.15, 0.2) is 0 Å². The molecule has 45 heavy (non-hydrogen) atoms. The Hall–Kier alpha value is -3.36. The first-order chi connectivity index (χ1) is 21.3. The summed E-state index contributed by atoms with van der Waals surface area (Å²) in [7, 11) is 0.577. The molecule has 1 aromatic rings. The number of amides is 3. The zero-order valence-electron chi connectivity index (χ0n) is 27.0. The number of aliphatic hydroxyl groups is 1. The standard InChI is InChI=1S/C31H50BN5O8/c1-5-44-28(40)10-8-16-45-22-13-11-21(12-14-22)17-23(35-29(41)24(18-27(33)39)34-20-32-43)26(38)19-37-15-7-6-9-25(37)30(42)36-31(2,3)4/h11-14,23-26,34,38H,5-10,15-20H2,1-4H3,(H2,33,39)(H,35,41)(H,36,42). The molecule has 0 aliphatic carbocycles. The van der Waals surface area contributed by atoms with Crippen LogP contribution in [0.25, 0.3) is 0 Å². The van der Waals surface area contributed by atoms with Crippen LogP contribution in [-0.2, 0) is 35.0 Å². The van der Waals surface area contributed by atoms with Crippen LogP contribution in [0.2, 0.25) is 0 Å². The average molecular weight is 632 g/mol. The first-order valence-electron chi connectivity index (χ1n) is 15.7. The Morgan fingerprint density at radius 1 is 1.16 bits per heavy atom. The second-order valence-corrected chi connectivity index (χ2v) is 12.3. The van der Waals surface area contributed by atoms with E-state index >= 15 is 0 Å². The topological polar surface area (TPSA) is 189 Å². The summed E-state index contributed by atoms with van der Waals surface area (Å²) in [6.45, 7) is 8.93. The summed E-state index contributed by atoms with van der Waals surface area (Å²) in [5, 5.41) is 20.1. The fourth-order valence-corrected chi connectivity index (χ4v) is 5.16. The van der Waals surface area contributed by atoms with Gasteiger partial charge in [-0.25, -0.2) is 0 Å². The van der Waals surface area contributed by atoms with Crippen molar-refractivity contribution in [3.05, 3.63) is 29.8 Å². The molecule has 3 amide bonds. The van der Waals surface area contributed by atoms with Gasteiger partial charge in [0.25, 0.3) is 0 Å². The minimum atomic E-state index is -1.07. The van der Waals surface area contributed by atoms with Crippen molar-refractivity contribution in [3.8, 4) is 5.75 Å². The van der Waals surface area contributed by atoms with Gasteiger partial charge in [-0.15, -0.1) is 0 Å². The number of hydrogen-bond donors (Lipinski definition) is 5. The van der Waals surface area contributed by atoms with Crippen LogP contribution in [0.1, 0.15) is 71.8 Å². The van der Waals surface area contributed by atoms with E-state index in [4.69, 9.17) is 15.2 Å². The number of nitrogens with two attached hydrogens (primary N) is 1. The predicted octanol–water partition coefficient (Wildman–Crippen LogP) is 0.407. The van der Waals surface area contributed by atoms with Gasteiger partial charge in [0.2, 0.25) is 0 Å². The van der Waals surface area contributed by atoms with Crippen molar-refractivity contribution in [2.45, 2.75) is 102 Å². The summed E-state index contributed by atoms with van der Waals surface area (Å²) in [4.78, 5) is 51.5. The number of aliphatic hydroxyl groups excluding tert-OH is 1. The Morgan fingerprint density at radius 2 is 1.87 bits per heavy atom. The number of carbonyl (C=O) groups excluding carboxylic acids is 4. The van der Waals surface area contributed by atoms with Crippen LogP contribution in [0, 0.1) is 0 Å². The first-order valence-corrected chi connectivity index (χ1v) is 15.7. The Balaban J connectivity index is 2.18. The molecular weight excluding hydrogens is 581 g/mol. The van der Waals surface area contributed by atoms with E-state index in [-0.39, 0.29) is 44.1 Å². The number of carbonyl (C=O) groups is 4. The van der Waals surface area contributed by atoms with Crippen LogP contribution in [0.4, 0.5) is 0 Å². The first kappa shape index (κ1) is 37.8. The van der Waals surface area contributed by atoms with Crippen molar-refractivity contribution < 1.29 is 38.5 Å². The van der Waals surface area contributed by atoms with E-state index in [1.165, 1.54) is 0 Å². The molecule has 2 rings (SSSR count). The van der Waals surface area contributed by atoms with Crippen molar-refractivity contribution in [2.24, 2.45) is 5.73 Å². The van der Waals surface area contributed by atoms with Crippen LogP contribution in [0.15, 0.2) is 24.3 Å². The summed E-state index contributed by atoms with van der Waals surface area (Å²) < 4.78 is 21.6. The monoisotopic (exact) mass is 631 g/mol. The zero-order valence-corrected chi connectivity index (χ0v) is 27.0. The normalized spacial score (nSPS) is 17.3. The molecular formula is C31H50BN5O8. The summed E-state index contributed by atoms with van der Waals surface area (Å²) in [5.41, 5.74) is 5.73. The van der Waals surface area contributed by atoms with E-state index in [1.807, 2.05) is 37.8 Å². The van der Waals surface area contributed by atoms with E-state index in [9.17, 15) is 29.0 Å². The van der Waals surface area contributed by atoms with E-state index in [1.54, 1.807) is 19.1 Å². The minimum absolute atomic E-state index is 0.104. The molecule has 0 radical (unpaired) electrons. The van der Waals surface area contributed by atoms with Gasteiger partial charge in [-0.05, 0) is 34.1 Å². The van der Waals surface area contributed by atoms with Gasteiger partial charge in [0.05, 0.1) is 13.2 Å². The molecule has 13 nitrogen and oxygen atoms in total. The van der Waals surface area contributed by atoms with E-state index < -0.39 is 41.6 Å². The van der Waals surface area contributed by atoms with Gasteiger partial charge in [0.1, 0.15) is 0 Å². The number of piperidine rings is 1. The third-order valence-electron chi connectivity index (χ3n) is 7.28. The second kappa shape index (κ2) is 19.2. The zero-order chi connectivity index (χ0) is 33.4. The quantitative estimate of drug-likeness (QED) is 0.0813. The summed E-state index contributed by atoms with van der Waals surface area (Å²) in [6.07, 6.45) is 1.88. The SMILES string of the molecule is CCOC(=O)CCCOc1ccc(CC(NC(=O)C(CC(N)=O)NCB=O)C(O)CN2CCCCC2C(=O)NC(C)(C)C)cc1. The summed E-state index contributed by atoms with van der Waals surface area (Å²) in [5.74, 6) is -1.07.